The highest BCUT2D eigenvalue weighted by Crippen LogP contribution is 2.44. The zero-order valence-corrected chi connectivity index (χ0v) is 17.1. The van der Waals surface area contributed by atoms with Crippen LogP contribution in [0.1, 0.15) is 23.8 Å². The Labute approximate surface area is 172 Å². The van der Waals surface area contributed by atoms with Gasteiger partial charge in [-0.05, 0) is 36.2 Å². The fourth-order valence-electron chi connectivity index (χ4n) is 3.71. The molecule has 0 saturated carbocycles. The van der Waals surface area contributed by atoms with Crippen LogP contribution in [0.25, 0.3) is 0 Å². The Kier molecular flexibility index (Phi) is 4.82. The van der Waals surface area contributed by atoms with Gasteiger partial charge in [0.15, 0.2) is 5.76 Å². The molecule has 1 aliphatic rings. The molecule has 1 aromatic heterocycles. The standard InChI is InChI=1S/C22H18FNO5S/c1-22(13-19-20(29-30(2,26)27)18(25)11-12-28-19)16-5-3-4-6-17(16)24-21(22)14-7-9-15(23)10-8-14/h3-12H,13H2,1-2H3/t22-/m1/s1. The number of hydrogen-bond donors (Lipinski definition) is 0. The molecule has 3 aromatic rings. The normalized spacial score (nSPS) is 18.0. The van der Waals surface area contributed by atoms with E-state index >= 15 is 0 Å². The van der Waals surface area contributed by atoms with Crippen LogP contribution in [0, 0.1) is 5.82 Å². The first-order chi connectivity index (χ1) is 14.2. The molecule has 2 heterocycles. The number of benzene rings is 2. The molecule has 0 spiro atoms. The summed E-state index contributed by atoms with van der Waals surface area (Å²) < 4.78 is 47.3. The summed E-state index contributed by atoms with van der Waals surface area (Å²) in [6.07, 6.45) is 2.17. The first-order valence-electron chi connectivity index (χ1n) is 9.12. The Bertz CT molecular complexity index is 1310. The Morgan fingerprint density at radius 2 is 1.80 bits per heavy atom. The molecule has 2 aromatic carbocycles. The second kappa shape index (κ2) is 7.21. The minimum absolute atomic E-state index is 0.0851. The average molecular weight is 427 g/mol. The SMILES string of the molecule is C[C@]1(Cc2occc(=O)c2OS(C)(=O)=O)C(c2ccc(F)cc2)=Nc2ccccc21. The minimum atomic E-state index is -3.94. The first-order valence-corrected chi connectivity index (χ1v) is 10.9. The van der Waals surface area contributed by atoms with Crippen molar-refractivity contribution in [2.24, 2.45) is 4.99 Å². The Balaban J connectivity index is 1.86. The summed E-state index contributed by atoms with van der Waals surface area (Å²) >= 11 is 0. The van der Waals surface area contributed by atoms with Crippen LogP contribution in [0.3, 0.4) is 0 Å². The Hall–Kier alpha value is -3.26. The third-order valence-electron chi connectivity index (χ3n) is 5.03. The molecule has 0 radical (unpaired) electrons. The summed E-state index contributed by atoms with van der Waals surface area (Å²) in [5, 5.41) is 0. The van der Waals surface area contributed by atoms with Crippen molar-refractivity contribution in [3.05, 3.63) is 93.8 Å². The van der Waals surface area contributed by atoms with Crippen molar-refractivity contribution >= 4 is 21.5 Å². The van der Waals surface area contributed by atoms with Crippen LogP contribution < -0.4 is 9.61 Å². The maximum absolute atomic E-state index is 13.5. The lowest BCUT2D eigenvalue weighted by Gasteiger charge is -2.28. The number of hydrogen-bond acceptors (Lipinski definition) is 6. The quantitative estimate of drug-likeness (QED) is 0.579. The zero-order valence-electron chi connectivity index (χ0n) is 16.3. The molecular weight excluding hydrogens is 409 g/mol. The second-order valence-electron chi connectivity index (χ2n) is 7.32. The molecule has 0 bridgehead atoms. The number of para-hydroxylation sites is 1. The van der Waals surface area contributed by atoms with Gasteiger partial charge in [-0.25, -0.2) is 4.39 Å². The number of nitrogens with zero attached hydrogens (tertiary/aromatic N) is 1. The lowest BCUT2D eigenvalue weighted by molar-refractivity contribution is 0.412. The van der Waals surface area contributed by atoms with Gasteiger partial charge in [0.2, 0.25) is 11.2 Å². The van der Waals surface area contributed by atoms with Crippen molar-refractivity contribution in [3.63, 3.8) is 0 Å². The van der Waals surface area contributed by atoms with Gasteiger partial charge in [0.05, 0.1) is 23.9 Å². The summed E-state index contributed by atoms with van der Waals surface area (Å²) in [6, 6.07) is 14.6. The van der Waals surface area contributed by atoms with Gasteiger partial charge in [0.25, 0.3) is 0 Å². The molecule has 154 valence electrons. The van der Waals surface area contributed by atoms with Crippen LogP contribution in [0.2, 0.25) is 0 Å². The van der Waals surface area contributed by atoms with E-state index in [0.29, 0.717) is 11.3 Å². The number of aliphatic imine (C=N–C) groups is 1. The van der Waals surface area contributed by atoms with Gasteiger partial charge in [-0.15, -0.1) is 0 Å². The van der Waals surface area contributed by atoms with Crippen LogP contribution in [0.4, 0.5) is 10.1 Å². The predicted octanol–water partition coefficient (Wildman–Crippen LogP) is 3.75. The molecular formula is C22H18FNO5S. The molecule has 0 unspecified atom stereocenters. The fourth-order valence-corrected chi connectivity index (χ4v) is 4.18. The van der Waals surface area contributed by atoms with E-state index in [1.54, 1.807) is 12.1 Å². The highest BCUT2D eigenvalue weighted by atomic mass is 32.2. The van der Waals surface area contributed by atoms with Crippen molar-refractivity contribution in [3.8, 4) is 5.75 Å². The largest absolute Gasteiger partial charge is 0.465 e. The molecule has 0 amide bonds. The second-order valence-corrected chi connectivity index (χ2v) is 8.89. The highest BCUT2D eigenvalue weighted by molar-refractivity contribution is 7.86. The Morgan fingerprint density at radius 1 is 1.10 bits per heavy atom. The van der Waals surface area contributed by atoms with Crippen molar-refractivity contribution in [1.29, 1.82) is 0 Å². The zero-order chi connectivity index (χ0) is 21.5. The van der Waals surface area contributed by atoms with E-state index in [0.717, 1.165) is 23.6 Å². The van der Waals surface area contributed by atoms with Crippen molar-refractivity contribution in [1.82, 2.24) is 0 Å². The topological polar surface area (TPSA) is 85.9 Å². The van der Waals surface area contributed by atoms with Crippen LogP contribution in [-0.4, -0.2) is 20.4 Å². The number of fused-ring (bicyclic) bond motifs is 1. The van der Waals surface area contributed by atoms with Crippen LogP contribution in [0.5, 0.6) is 5.75 Å². The smallest absolute Gasteiger partial charge is 0.306 e. The van der Waals surface area contributed by atoms with Gasteiger partial charge in [0.1, 0.15) is 5.82 Å². The molecule has 4 rings (SSSR count). The lowest BCUT2D eigenvalue weighted by atomic mass is 9.74. The molecule has 30 heavy (non-hydrogen) atoms. The summed E-state index contributed by atoms with van der Waals surface area (Å²) in [7, 11) is -3.94. The van der Waals surface area contributed by atoms with Crippen LogP contribution >= 0.6 is 0 Å². The van der Waals surface area contributed by atoms with E-state index in [4.69, 9.17) is 13.6 Å². The van der Waals surface area contributed by atoms with E-state index in [1.165, 1.54) is 18.4 Å². The summed E-state index contributed by atoms with van der Waals surface area (Å²) in [6.45, 7) is 1.91. The van der Waals surface area contributed by atoms with E-state index < -0.39 is 21.0 Å². The van der Waals surface area contributed by atoms with E-state index in [1.807, 2.05) is 31.2 Å². The molecule has 1 aliphatic heterocycles. The molecule has 0 aliphatic carbocycles. The highest BCUT2D eigenvalue weighted by Gasteiger charge is 2.41. The molecule has 0 N–H and O–H groups in total. The van der Waals surface area contributed by atoms with Gasteiger partial charge in [-0.2, -0.15) is 8.42 Å². The van der Waals surface area contributed by atoms with Crippen LogP contribution in [-0.2, 0) is 22.0 Å². The van der Waals surface area contributed by atoms with Crippen LogP contribution in [0.15, 0.2) is 75.1 Å². The maximum Gasteiger partial charge on any atom is 0.306 e. The number of halogens is 1. The van der Waals surface area contributed by atoms with Crippen molar-refractivity contribution < 1.29 is 21.4 Å². The maximum atomic E-state index is 13.5. The first kappa shape index (κ1) is 20.0. The minimum Gasteiger partial charge on any atom is -0.465 e. The van der Waals surface area contributed by atoms with E-state index in [9.17, 15) is 17.6 Å². The van der Waals surface area contributed by atoms with Gasteiger partial charge >= 0.3 is 10.1 Å². The Morgan fingerprint density at radius 3 is 2.50 bits per heavy atom. The van der Waals surface area contributed by atoms with Gasteiger partial charge in [0, 0.05) is 17.9 Å². The van der Waals surface area contributed by atoms with Gasteiger partial charge < -0.3 is 8.60 Å². The predicted molar refractivity (Wildman–Crippen MR) is 111 cm³/mol. The van der Waals surface area contributed by atoms with Gasteiger partial charge in [-0.3, -0.25) is 9.79 Å². The monoisotopic (exact) mass is 427 g/mol. The molecule has 0 fully saturated rings. The summed E-state index contributed by atoms with van der Waals surface area (Å²) in [4.78, 5) is 17.1. The van der Waals surface area contributed by atoms with E-state index in [2.05, 4.69) is 0 Å². The molecule has 8 heteroatoms. The molecule has 6 nitrogen and oxygen atoms in total. The third kappa shape index (κ3) is 3.66. The van der Waals surface area contributed by atoms with Gasteiger partial charge in [-0.1, -0.05) is 30.3 Å². The summed E-state index contributed by atoms with van der Waals surface area (Å²) in [5.74, 6) is -0.652. The number of rotatable bonds is 5. The lowest BCUT2D eigenvalue weighted by Crippen LogP contribution is -2.33. The average Bonchev–Trinajstić information content (AvgIpc) is 2.97. The third-order valence-corrected chi connectivity index (χ3v) is 5.50. The van der Waals surface area contributed by atoms with Crippen molar-refractivity contribution in [2.45, 2.75) is 18.8 Å². The fraction of sp³-hybridized carbons (Fsp3) is 0.182. The molecule has 0 saturated heterocycles. The van der Waals surface area contributed by atoms with E-state index in [-0.39, 0.29) is 23.7 Å². The summed E-state index contributed by atoms with van der Waals surface area (Å²) in [5.41, 5.74) is 1.60. The van der Waals surface area contributed by atoms with Crippen molar-refractivity contribution in [2.75, 3.05) is 6.26 Å². The molecule has 1 atom stereocenters.